The van der Waals surface area contributed by atoms with E-state index in [-0.39, 0.29) is 6.23 Å². The van der Waals surface area contributed by atoms with Gasteiger partial charge in [0.2, 0.25) is 0 Å². The highest BCUT2D eigenvalue weighted by atomic mass is 16.3. The van der Waals surface area contributed by atoms with Crippen molar-refractivity contribution in [2.75, 3.05) is 13.1 Å². The van der Waals surface area contributed by atoms with Crippen molar-refractivity contribution in [1.29, 1.82) is 0 Å². The molecule has 1 atom stereocenters. The summed E-state index contributed by atoms with van der Waals surface area (Å²) in [5.74, 6) is 0. The van der Waals surface area contributed by atoms with Crippen LogP contribution in [0.4, 0.5) is 0 Å². The Morgan fingerprint density at radius 3 is 2.27 bits per heavy atom. The largest absolute Gasteiger partial charge is 0.379 e. The lowest BCUT2D eigenvalue weighted by molar-refractivity contribution is 0.0475. The first kappa shape index (κ1) is 8.97. The summed E-state index contributed by atoms with van der Waals surface area (Å²) in [6.45, 7) is 8.29. The summed E-state index contributed by atoms with van der Waals surface area (Å²) in [4.78, 5) is 2.38. The van der Waals surface area contributed by atoms with Crippen LogP contribution in [-0.2, 0) is 0 Å². The fourth-order valence-corrected chi connectivity index (χ4v) is 1.38. The smallest absolute Gasteiger partial charge is 0.102 e. The fourth-order valence-electron chi connectivity index (χ4n) is 1.38. The lowest BCUT2D eigenvalue weighted by atomic mass is 10.1. The molecule has 1 saturated heterocycles. The molecule has 2 N–H and O–H groups in total. The van der Waals surface area contributed by atoms with Crippen LogP contribution < -0.4 is 5.32 Å². The van der Waals surface area contributed by atoms with Crippen molar-refractivity contribution in [3.05, 3.63) is 0 Å². The van der Waals surface area contributed by atoms with Crippen molar-refractivity contribution in [3.8, 4) is 0 Å². The lowest BCUT2D eigenvalue weighted by Crippen LogP contribution is -2.61. The second kappa shape index (κ2) is 3.52. The van der Waals surface area contributed by atoms with E-state index >= 15 is 0 Å². The van der Waals surface area contributed by atoms with Gasteiger partial charge in [0.1, 0.15) is 6.23 Å². The summed E-state index contributed by atoms with van der Waals surface area (Å²) >= 11 is 0. The van der Waals surface area contributed by atoms with Crippen molar-refractivity contribution in [2.45, 2.75) is 39.1 Å². The molecule has 3 nitrogen and oxygen atoms in total. The summed E-state index contributed by atoms with van der Waals surface area (Å²) in [5.41, 5.74) is 0. The van der Waals surface area contributed by atoms with E-state index < -0.39 is 0 Å². The molecule has 1 heterocycles. The van der Waals surface area contributed by atoms with Crippen LogP contribution in [-0.4, -0.2) is 41.4 Å². The SMILES string of the molecule is CC(C)N1CC(N[C@@H](C)O)C1. The first-order valence-electron chi connectivity index (χ1n) is 4.27. The third-order valence-corrected chi connectivity index (χ3v) is 2.12. The van der Waals surface area contributed by atoms with Gasteiger partial charge in [-0.05, 0) is 20.8 Å². The average molecular weight is 158 g/mol. The quantitative estimate of drug-likeness (QED) is 0.568. The number of aliphatic hydroxyl groups is 1. The monoisotopic (exact) mass is 158 g/mol. The Labute approximate surface area is 68.4 Å². The number of hydrogen-bond donors (Lipinski definition) is 2. The van der Waals surface area contributed by atoms with E-state index in [0.29, 0.717) is 12.1 Å². The molecular weight excluding hydrogens is 140 g/mol. The van der Waals surface area contributed by atoms with E-state index in [4.69, 9.17) is 5.11 Å². The van der Waals surface area contributed by atoms with E-state index in [1.54, 1.807) is 6.92 Å². The first-order valence-corrected chi connectivity index (χ1v) is 4.27. The number of nitrogens with zero attached hydrogens (tertiary/aromatic N) is 1. The van der Waals surface area contributed by atoms with Crippen LogP contribution in [0.3, 0.4) is 0 Å². The van der Waals surface area contributed by atoms with Crippen LogP contribution in [0.2, 0.25) is 0 Å². The van der Waals surface area contributed by atoms with Gasteiger partial charge in [-0.15, -0.1) is 0 Å². The molecule has 66 valence electrons. The number of rotatable bonds is 3. The van der Waals surface area contributed by atoms with Crippen molar-refractivity contribution >= 4 is 0 Å². The molecule has 0 aromatic carbocycles. The second-order valence-electron chi connectivity index (χ2n) is 3.59. The van der Waals surface area contributed by atoms with Gasteiger partial charge in [-0.2, -0.15) is 0 Å². The molecule has 1 rings (SSSR count). The van der Waals surface area contributed by atoms with Gasteiger partial charge in [0, 0.05) is 25.2 Å². The molecule has 11 heavy (non-hydrogen) atoms. The second-order valence-corrected chi connectivity index (χ2v) is 3.59. The first-order chi connectivity index (χ1) is 5.09. The van der Waals surface area contributed by atoms with Crippen molar-refractivity contribution in [2.24, 2.45) is 0 Å². The highest BCUT2D eigenvalue weighted by Gasteiger charge is 2.28. The number of hydrogen-bond acceptors (Lipinski definition) is 3. The van der Waals surface area contributed by atoms with E-state index in [1.165, 1.54) is 0 Å². The molecule has 1 aliphatic heterocycles. The predicted molar refractivity (Wildman–Crippen MR) is 45.3 cm³/mol. The van der Waals surface area contributed by atoms with Gasteiger partial charge < -0.3 is 5.11 Å². The topological polar surface area (TPSA) is 35.5 Å². The molecule has 1 aliphatic rings. The third kappa shape index (κ3) is 2.43. The van der Waals surface area contributed by atoms with Gasteiger partial charge in [-0.3, -0.25) is 10.2 Å². The van der Waals surface area contributed by atoms with Crippen molar-refractivity contribution in [3.63, 3.8) is 0 Å². The molecule has 1 fully saturated rings. The van der Waals surface area contributed by atoms with E-state index in [2.05, 4.69) is 24.1 Å². The minimum atomic E-state index is -0.366. The number of likely N-dealkylation sites (tertiary alicyclic amines) is 1. The van der Waals surface area contributed by atoms with Crippen molar-refractivity contribution < 1.29 is 5.11 Å². The molecule has 3 heteroatoms. The zero-order chi connectivity index (χ0) is 8.43. The minimum Gasteiger partial charge on any atom is -0.379 e. The summed E-state index contributed by atoms with van der Waals surface area (Å²) < 4.78 is 0. The number of nitrogens with one attached hydrogen (secondary N) is 1. The summed E-state index contributed by atoms with van der Waals surface area (Å²) in [5, 5.41) is 12.1. The van der Waals surface area contributed by atoms with Crippen molar-refractivity contribution in [1.82, 2.24) is 10.2 Å². The van der Waals surface area contributed by atoms with Gasteiger partial charge in [0.15, 0.2) is 0 Å². The van der Waals surface area contributed by atoms with E-state index in [0.717, 1.165) is 13.1 Å². The van der Waals surface area contributed by atoms with Crippen LogP contribution in [0.15, 0.2) is 0 Å². The zero-order valence-electron chi connectivity index (χ0n) is 7.54. The van der Waals surface area contributed by atoms with Gasteiger partial charge >= 0.3 is 0 Å². The molecule has 0 aliphatic carbocycles. The van der Waals surface area contributed by atoms with E-state index in [9.17, 15) is 0 Å². The summed E-state index contributed by atoms with van der Waals surface area (Å²) in [6, 6.07) is 1.14. The van der Waals surface area contributed by atoms with Crippen LogP contribution in [0.25, 0.3) is 0 Å². The molecule has 0 radical (unpaired) electrons. The molecule has 0 spiro atoms. The predicted octanol–water partition coefficient (Wildman–Crippen LogP) is 0.00690. The van der Waals surface area contributed by atoms with Crippen LogP contribution in [0.5, 0.6) is 0 Å². The van der Waals surface area contributed by atoms with Gasteiger partial charge in [-0.1, -0.05) is 0 Å². The Morgan fingerprint density at radius 2 is 1.91 bits per heavy atom. The normalized spacial score (nSPS) is 23.7. The standard InChI is InChI=1S/C8H18N2O/c1-6(2)10-4-8(5-10)9-7(3)11/h6-9,11H,4-5H2,1-3H3/t7-/m1/s1. The fraction of sp³-hybridized carbons (Fsp3) is 1.00. The number of aliphatic hydroxyl groups excluding tert-OH is 1. The third-order valence-electron chi connectivity index (χ3n) is 2.12. The molecule has 0 aromatic heterocycles. The zero-order valence-corrected chi connectivity index (χ0v) is 7.54. The van der Waals surface area contributed by atoms with Gasteiger partial charge in [0.25, 0.3) is 0 Å². The molecular formula is C8H18N2O. The van der Waals surface area contributed by atoms with Crippen LogP contribution in [0.1, 0.15) is 20.8 Å². The molecule has 0 saturated carbocycles. The minimum absolute atomic E-state index is 0.366. The molecule has 0 amide bonds. The maximum atomic E-state index is 8.98. The van der Waals surface area contributed by atoms with Gasteiger partial charge in [0.05, 0.1) is 0 Å². The van der Waals surface area contributed by atoms with Gasteiger partial charge in [-0.25, -0.2) is 0 Å². The van der Waals surface area contributed by atoms with E-state index in [1.807, 2.05) is 0 Å². The Kier molecular flexibility index (Phi) is 2.87. The Hall–Kier alpha value is -0.120. The maximum Gasteiger partial charge on any atom is 0.102 e. The Balaban J connectivity index is 2.09. The molecule has 0 unspecified atom stereocenters. The van der Waals surface area contributed by atoms with Crippen LogP contribution >= 0.6 is 0 Å². The summed E-state index contributed by atoms with van der Waals surface area (Å²) in [6.07, 6.45) is -0.366. The van der Waals surface area contributed by atoms with Crippen LogP contribution in [0, 0.1) is 0 Å². The highest BCUT2D eigenvalue weighted by molar-refractivity contribution is 4.87. The Bertz CT molecular complexity index is 119. The summed E-state index contributed by atoms with van der Waals surface area (Å²) in [7, 11) is 0. The lowest BCUT2D eigenvalue weighted by Gasteiger charge is -2.43. The molecule has 0 bridgehead atoms. The highest BCUT2D eigenvalue weighted by Crippen LogP contribution is 2.11. The molecule has 0 aromatic rings. The average Bonchev–Trinajstić information content (AvgIpc) is 1.75. The Morgan fingerprint density at radius 1 is 1.36 bits per heavy atom. The maximum absolute atomic E-state index is 8.98.